The maximum atomic E-state index is 12.5. The number of hydrogen-bond donors (Lipinski definition) is 0. The summed E-state index contributed by atoms with van der Waals surface area (Å²) in [5.41, 5.74) is 0.597. The van der Waals surface area contributed by atoms with Crippen molar-refractivity contribution in [3.63, 3.8) is 0 Å². The minimum Gasteiger partial charge on any atom is -0.304 e. The van der Waals surface area contributed by atoms with Crippen molar-refractivity contribution in [2.24, 2.45) is 0 Å². The van der Waals surface area contributed by atoms with Gasteiger partial charge in [-0.2, -0.15) is 4.31 Å². The quantitative estimate of drug-likeness (QED) is 0.779. The number of hydrogen-bond acceptors (Lipinski definition) is 5. The van der Waals surface area contributed by atoms with E-state index in [1.807, 2.05) is 19.0 Å². The fourth-order valence-corrected chi connectivity index (χ4v) is 4.64. The Bertz CT molecular complexity index is 722. The summed E-state index contributed by atoms with van der Waals surface area (Å²) in [6.07, 6.45) is 2.15. The van der Waals surface area contributed by atoms with Gasteiger partial charge in [-0.25, -0.2) is 13.4 Å². The van der Waals surface area contributed by atoms with E-state index in [1.165, 1.54) is 4.31 Å². The molecule has 8 heteroatoms. The minimum atomic E-state index is -3.24. The Morgan fingerprint density at radius 1 is 1.32 bits per heavy atom. The number of rotatable bonds is 4. The van der Waals surface area contributed by atoms with E-state index in [0.29, 0.717) is 37.6 Å². The standard InChI is InChI=1S/C14H22N4O3S/c1-16(2)9-11-8-14(19)18-7-3-6-17(10-13(18)15-11)22(20,21)12-4-5-12/h8,12H,3-7,9-10H2,1-2H3. The summed E-state index contributed by atoms with van der Waals surface area (Å²) in [6.45, 7) is 1.76. The van der Waals surface area contributed by atoms with Crippen molar-refractivity contribution in [2.75, 3.05) is 20.6 Å². The fourth-order valence-electron chi connectivity index (χ4n) is 2.81. The van der Waals surface area contributed by atoms with Crippen molar-refractivity contribution < 1.29 is 8.42 Å². The molecule has 122 valence electrons. The van der Waals surface area contributed by atoms with Crippen LogP contribution in [0, 0.1) is 0 Å². The van der Waals surface area contributed by atoms with Crippen LogP contribution in [0.25, 0.3) is 0 Å². The monoisotopic (exact) mass is 326 g/mol. The van der Waals surface area contributed by atoms with Gasteiger partial charge in [-0.05, 0) is 33.4 Å². The van der Waals surface area contributed by atoms with Gasteiger partial charge in [0.05, 0.1) is 17.5 Å². The Labute approximate surface area is 130 Å². The van der Waals surface area contributed by atoms with Crippen LogP contribution in [0.15, 0.2) is 10.9 Å². The summed E-state index contributed by atoms with van der Waals surface area (Å²) in [7, 11) is 0.587. The van der Waals surface area contributed by atoms with Crippen molar-refractivity contribution in [1.29, 1.82) is 0 Å². The third-order valence-corrected chi connectivity index (χ3v) is 6.38. The Morgan fingerprint density at radius 2 is 2.05 bits per heavy atom. The van der Waals surface area contributed by atoms with E-state index in [-0.39, 0.29) is 17.4 Å². The third-order valence-electron chi connectivity index (χ3n) is 4.03. The molecule has 0 amide bonds. The van der Waals surface area contributed by atoms with Gasteiger partial charge in [-0.1, -0.05) is 0 Å². The lowest BCUT2D eigenvalue weighted by molar-refractivity contribution is 0.389. The van der Waals surface area contributed by atoms with Crippen LogP contribution in [0.2, 0.25) is 0 Å². The van der Waals surface area contributed by atoms with E-state index >= 15 is 0 Å². The van der Waals surface area contributed by atoms with E-state index in [1.54, 1.807) is 10.6 Å². The zero-order valence-electron chi connectivity index (χ0n) is 13.0. The second kappa shape index (κ2) is 5.75. The highest BCUT2D eigenvalue weighted by atomic mass is 32.2. The Hall–Kier alpha value is -1.25. The van der Waals surface area contributed by atoms with Gasteiger partial charge in [0.15, 0.2) is 0 Å². The molecule has 22 heavy (non-hydrogen) atoms. The Morgan fingerprint density at radius 3 is 2.68 bits per heavy atom. The fraction of sp³-hybridized carbons (Fsp3) is 0.714. The van der Waals surface area contributed by atoms with Crippen LogP contribution in [-0.4, -0.2) is 53.1 Å². The second-order valence-electron chi connectivity index (χ2n) is 6.32. The molecule has 1 aromatic rings. The highest BCUT2D eigenvalue weighted by Crippen LogP contribution is 2.32. The van der Waals surface area contributed by atoms with Crippen LogP contribution < -0.4 is 5.56 Å². The third kappa shape index (κ3) is 3.09. The normalized spacial score (nSPS) is 20.0. The van der Waals surface area contributed by atoms with Crippen LogP contribution in [0.4, 0.5) is 0 Å². The smallest absolute Gasteiger partial charge is 0.253 e. The van der Waals surface area contributed by atoms with Crippen LogP contribution >= 0.6 is 0 Å². The van der Waals surface area contributed by atoms with E-state index in [4.69, 9.17) is 0 Å². The molecule has 1 saturated carbocycles. The molecule has 3 rings (SSSR count). The summed E-state index contributed by atoms with van der Waals surface area (Å²) in [5.74, 6) is 0.561. The van der Waals surface area contributed by atoms with Crippen molar-refractivity contribution in [3.8, 4) is 0 Å². The van der Waals surface area contributed by atoms with Crippen LogP contribution in [-0.2, 0) is 29.7 Å². The highest BCUT2D eigenvalue weighted by Gasteiger charge is 2.40. The molecular formula is C14H22N4O3S. The molecule has 0 radical (unpaired) electrons. The average Bonchev–Trinajstić information content (AvgIpc) is 3.24. The van der Waals surface area contributed by atoms with E-state index in [9.17, 15) is 13.2 Å². The van der Waals surface area contributed by atoms with Crippen molar-refractivity contribution in [2.45, 2.75) is 44.1 Å². The van der Waals surface area contributed by atoms with Gasteiger partial charge in [-0.15, -0.1) is 0 Å². The molecule has 1 aromatic heterocycles. The first-order valence-electron chi connectivity index (χ1n) is 7.61. The Balaban J connectivity index is 1.94. The number of sulfonamides is 1. The van der Waals surface area contributed by atoms with Gasteiger partial charge in [0.25, 0.3) is 5.56 Å². The molecule has 0 saturated heterocycles. The van der Waals surface area contributed by atoms with Crippen molar-refractivity contribution in [3.05, 3.63) is 27.9 Å². The van der Waals surface area contributed by atoms with E-state index < -0.39 is 10.0 Å². The number of aromatic nitrogens is 2. The van der Waals surface area contributed by atoms with Gasteiger partial charge in [0.1, 0.15) is 5.82 Å². The molecule has 0 atom stereocenters. The summed E-state index contributed by atoms with van der Waals surface area (Å²) >= 11 is 0. The molecule has 0 bridgehead atoms. The van der Waals surface area contributed by atoms with Gasteiger partial charge in [0, 0.05) is 25.7 Å². The molecular weight excluding hydrogens is 304 g/mol. The summed E-state index contributed by atoms with van der Waals surface area (Å²) in [4.78, 5) is 18.7. The molecule has 7 nitrogen and oxygen atoms in total. The highest BCUT2D eigenvalue weighted by molar-refractivity contribution is 7.90. The minimum absolute atomic E-state index is 0.0903. The van der Waals surface area contributed by atoms with E-state index in [2.05, 4.69) is 4.98 Å². The summed E-state index contributed by atoms with van der Waals surface area (Å²) in [5, 5.41) is -0.226. The lowest BCUT2D eigenvalue weighted by Crippen LogP contribution is -2.34. The molecule has 1 aliphatic carbocycles. The first-order valence-corrected chi connectivity index (χ1v) is 9.11. The average molecular weight is 326 g/mol. The van der Waals surface area contributed by atoms with Gasteiger partial charge >= 0.3 is 0 Å². The molecule has 0 aromatic carbocycles. The van der Waals surface area contributed by atoms with Gasteiger partial charge in [0.2, 0.25) is 10.0 Å². The largest absolute Gasteiger partial charge is 0.304 e. The topological polar surface area (TPSA) is 75.5 Å². The lowest BCUT2D eigenvalue weighted by Gasteiger charge is -2.19. The number of fused-ring (bicyclic) bond motifs is 1. The van der Waals surface area contributed by atoms with Crippen molar-refractivity contribution in [1.82, 2.24) is 18.8 Å². The van der Waals surface area contributed by atoms with E-state index in [0.717, 1.165) is 12.8 Å². The van der Waals surface area contributed by atoms with Crippen LogP contribution in [0.5, 0.6) is 0 Å². The molecule has 0 spiro atoms. The van der Waals surface area contributed by atoms with Gasteiger partial charge < -0.3 is 4.90 Å². The number of nitrogens with zero attached hydrogens (tertiary/aromatic N) is 4. The molecule has 0 unspecified atom stereocenters. The SMILES string of the molecule is CN(C)Cc1cc(=O)n2c(n1)CN(S(=O)(=O)C1CC1)CCC2. The predicted octanol–water partition coefficient (Wildman–Crippen LogP) is 0.00280. The van der Waals surface area contributed by atoms with Crippen LogP contribution in [0.3, 0.4) is 0 Å². The molecule has 1 aliphatic heterocycles. The van der Waals surface area contributed by atoms with Gasteiger partial charge in [-0.3, -0.25) is 9.36 Å². The molecule has 1 fully saturated rings. The first-order chi connectivity index (χ1) is 10.4. The zero-order valence-corrected chi connectivity index (χ0v) is 13.8. The first kappa shape index (κ1) is 15.6. The molecule has 0 N–H and O–H groups in total. The molecule has 2 aliphatic rings. The summed E-state index contributed by atoms with van der Waals surface area (Å²) < 4.78 is 28.0. The maximum absolute atomic E-state index is 12.5. The van der Waals surface area contributed by atoms with Crippen molar-refractivity contribution >= 4 is 10.0 Å². The lowest BCUT2D eigenvalue weighted by atomic mass is 10.3. The molecule has 2 heterocycles. The Kier molecular flexibility index (Phi) is 4.09. The maximum Gasteiger partial charge on any atom is 0.253 e. The second-order valence-corrected chi connectivity index (χ2v) is 8.54. The zero-order chi connectivity index (χ0) is 15.9. The predicted molar refractivity (Wildman–Crippen MR) is 82.9 cm³/mol. The summed E-state index contributed by atoms with van der Waals surface area (Å²) in [6, 6.07) is 1.55. The van der Waals surface area contributed by atoms with Crippen LogP contribution in [0.1, 0.15) is 30.8 Å².